The Morgan fingerprint density at radius 2 is 2.32 bits per heavy atom. The molecule has 0 radical (unpaired) electrons. The summed E-state index contributed by atoms with van der Waals surface area (Å²) in [4.78, 5) is 5.55. The van der Waals surface area contributed by atoms with Crippen molar-refractivity contribution in [3.8, 4) is 6.07 Å². The second-order valence-electron chi connectivity index (χ2n) is 5.08. The van der Waals surface area contributed by atoms with Gasteiger partial charge in [0.25, 0.3) is 0 Å². The van der Waals surface area contributed by atoms with Crippen molar-refractivity contribution in [2.45, 2.75) is 38.5 Å². The lowest BCUT2D eigenvalue weighted by Crippen LogP contribution is -2.29. The maximum Gasteiger partial charge on any atom is 0.237 e. The number of aromatic nitrogens is 2. The van der Waals surface area contributed by atoms with Gasteiger partial charge >= 0.3 is 0 Å². The summed E-state index contributed by atoms with van der Waals surface area (Å²) in [6.45, 7) is 3.86. The maximum atomic E-state index is 9.36. The van der Waals surface area contributed by atoms with Crippen molar-refractivity contribution in [1.29, 1.82) is 5.26 Å². The van der Waals surface area contributed by atoms with Gasteiger partial charge in [-0.2, -0.15) is 10.2 Å². The zero-order chi connectivity index (χ0) is 13.6. The van der Waals surface area contributed by atoms with E-state index in [-0.39, 0.29) is 0 Å². The number of fused-ring (bicyclic) bond motifs is 1. The van der Waals surface area contributed by atoms with Crippen LogP contribution in [0.15, 0.2) is 4.52 Å². The molecule has 0 amide bonds. The highest BCUT2D eigenvalue weighted by atomic mass is 32.1. The van der Waals surface area contributed by atoms with Crippen LogP contribution in [0.5, 0.6) is 0 Å². The van der Waals surface area contributed by atoms with Crippen LogP contribution in [-0.4, -0.2) is 10.1 Å². The highest BCUT2D eigenvalue weighted by Gasteiger charge is 2.42. The normalized spacial score (nSPS) is 21.9. The predicted molar refractivity (Wildman–Crippen MR) is 71.9 cm³/mol. The minimum Gasteiger partial charge on any atom is -0.389 e. The van der Waals surface area contributed by atoms with Crippen molar-refractivity contribution < 1.29 is 4.52 Å². The average molecular weight is 274 g/mol. The number of anilines is 1. The molecule has 0 saturated heterocycles. The van der Waals surface area contributed by atoms with Crippen molar-refractivity contribution in [3.05, 3.63) is 27.7 Å². The third-order valence-corrected chi connectivity index (χ3v) is 4.83. The van der Waals surface area contributed by atoms with E-state index in [1.807, 2.05) is 0 Å². The quantitative estimate of drug-likeness (QED) is 0.863. The number of hydrogen-bond acceptors (Lipinski definition) is 6. The molecule has 2 aromatic rings. The van der Waals surface area contributed by atoms with Crippen molar-refractivity contribution in [2.75, 3.05) is 5.73 Å². The van der Waals surface area contributed by atoms with E-state index >= 15 is 0 Å². The van der Waals surface area contributed by atoms with Crippen LogP contribution in [0, 0.1) is 18.3 Å². The molecule has 0 saturated carbocycles. The standard InChI is InChI=1S/C13H14N4OS/c1-7-16-12(18-17-7)13(2)5-3-4-9-10(13)8(6-14)11(15)19-9/h3-5,15H2,1-2H3/t13-/m1/s1. The monoisotopic (exact) mass is 274 g/mol. The summed E-state index contributed by atoms with van der Waals surface area (Å²) in [7, 11) is 0. The molecule has 2 heterocycles. The maximum absolute atomic E-state index is 9.36. The molecule has 1 atom stereocenters. The largest absolute Gasteiger partial charge is 0.389 e. The Hall–Kier alpha value is -1.87. The van der Waals surface area contributed by atoms with E-state index in [1.165, 1.54) is 16.2 Å². The lowest BCUT2D eigenvalue weighted by atomic mass is 9.72. The summed E-state index contributed by atoms with van der Waals surface area (Å²) in [5, 5.41) is 13.8. The first-order chi connectivity index (χ1) is 9.06. The van der Waals surface area contributed by atoms with Gasteiger partial charge in [0, 0.05) is 10.4 Å². The van der Waals surface area contributed by atoms with E-state index in [9.17, 15) is 5.26 Å². The summed E-state index contributed by atoms with van der Waals surface area (Å²) in [6.07, 6.45) is 2.90. The fraction of sp³-hybridized carbons (Fsp3) is 0.462. The first-order valence-electron chi connectivity index (χ1n) is 6.19. The fourth-order valence-corrected chi connectivity index (χ4v) is 4.02. The number of hydrogen-bond donors (Lipinski definition) is 1. The van der Waals surface area contributed by atoms with Crippen LogP contribution in [-0.2, 0) is 11.8 Å². The van der Waals surface area contributed by atoms with E-state index in [2.05, 4.69) is 23.1 Å². The Balaban J connectivity index is 2.25. The van der Waals surface area contributed by atoms with Crippen molar-refractivity contribution >= 4 is 16.3 Å². The van der Waals surface area contributed by atoms with Crippen LogP contribution < -0.4 is 5.73 Å². The Labute approximate surface area is 115 Å². The second-order valence-corrected chi connectivity index (χ2v) is 6.22. The molecule has 0 aliphatic heterocycles. The van der Waals surface area contributed by atoms with E-state index in [0.717, 1.165) is 24.8 Å². The molecule has 98 valence electrons. The summed E-state index contributed by atoms with van der Waals surface area (Å²) >= 11 is 1.51. The molecule has 0 unspecified atom stereocenters. The van der Waals surface area contributed by atoms with Gasteiger partial charge in [0.05, 0.1) is 11.0 Å². The van der Waals surface area contributed by atoms with Gasteiger partial charge in [0.15, 0.2) is 5.82 Å². The second kappa shape index (κ2) is 4.07. The van der Waals surface area contributed by atoms with Crippen LogP contribution in [0.25, 0.3) is 0 Å². The number of thiophene rings is 1. The Morgan fingerprint density at radius 3 is 2.95 bits per heavy atom. The van der Waals surface area contributed by atoms with Gasteiger partial charge in [-0.15, -0.1) is 11.3 Å². The topological polar surface area (TPSA) is 88.7 Å². The highest BCUT2D eigenvalue weighted by Crippen LogP contribution is 2.48. The molecular weight excluding hydrogens is 260 g/mol. The predicted octanol–water partition coefficient (Wildman–Crippen LogP) is 2.54. The van der Waals surface area contributed by atoms with Gasteiger partial charge in [-0.25, -0.2) is 0 Å². The first kappa shape index (κ1) is 12.2. The molecular formula is C13H14N4OS. The molecule has 0 bridgehead atoms. The van der Waals surface area contributed by atoms with Gasteiger partial charge in [0.1, 0.15) is 11.1 Å². The molecule has 3 rings (SSSR count). The summed E-state index contributed by atoms with van der Waals surface area (Å²) in [6, 6.07) is 2.23. The van der Waals surface area contributed by atoms with E-state index in [0.29, 0.717) is 22.3 Å². The zero-order valence-electron chi connectivity index (χ0n) is 10.9. The fourth-order valence-electron chi connectivity index (χ4n) is 2.83. The Morgan fingerprint density at radius 1 is 1.53 bits per heavy atom. The van der Waals surface area contributed by atoms with Gasteiger partial charge in [-0.05, 0) is 33.1 Å². The third-order valence-electron chi connectivity index (χ3n) is 3.75. The van der Waals surface area contributed by atoms with Crippen LogP contribution in [0.1, 0.15) is 47.5 Å². The van der Waals surface area contributed by atoms with E-state index in [1.54, 1.807) is 6.92 Å². The van der Waals surface area contributed by atoms with Crippen LogP contribution in [0.4, 0.5) is 5.00 Å². The summed E-state index contributed by atoms with van der Waals surface area (Å²) in [5.41, 5.74) is 7.15. The third kappa shape index (κ3) is 1.65. The number of rotatable bonds is 1. The Kier molecular flexibility index (Phi) is 2.61. The lowest BCUT2D eigenvalue weighted by molar-refractivity contribution is 0.299. The molecule has 2 N–H and O–H groups in total. The zero-order valence-corrected chi connectivity index (χ0v) is 11.7. The van der Waals surface area contributed by atoms with Crippen LogP contribution in [0.2, 0.25) is 0 Å². The van der Waals surface area contributed by atoms with Gasteiger partial charge in [-0.3, -0.25) is 0 Å². The van der Waals surface area contributed by atoms with Crippen LogP contribution in [0.3, 0.4) is 0 Å². The molecule has 5 nitrogen and oxygen atoms in total. The molecule has 1 aliphatic rings. The van der Waals surface area contributed by atoms with Gasteiger partial charge in [0.2, 0.25) is 5.89 Å². The molecule has 0 spiro atoms. The van der Waals surface area contributed by atoms with Crippen molar-refractivity contribution in [1.82, 2.24) is 10.1 Å². The number of aryl methyl sites for hydroxylation is 2. The highest BCUT2D eigenvalue weighted by molar-refractivity contribution is 7.16. The van der Waals surface area contributed by atoms with Crippen molar-refractivity contribution in [2.24, 2.45) is 0 Å². The number of nitrogens with two attached hydrogens (primary N) is 1. The number of nitriles is 1. The molecule has 1 aliphatic carbocycles. The smallest absolute Gasteiger partial charge is 0.237 e. The minimum absolute atomic E-state index is 0.395. The number of nitrogen functional groups attached to an aromatic ring is 1. The van der Waals surface area contributed by atoms with Gasteiger partial charge < -0.3 is 10.3 Å². The molecule has 0 fully saturated rings. The average Bonchev–Trinajstić information content (AvgIpc) is 2.93. The SMILES string of the molecule is Cc1noc([C@]2(C)CCCc3sc(N)c(C#N)c32)n1. The molecule has 2 aromatic heterocycles. The minimum atomic E-state index is -0.395. The van der Waals surface area contributed by atoms with Gasteiger partial charge in [-0.1, -0.05) is 5.16 Å². The van der Waals surface area contributed by atoms with Crippen LogP contribution >= 0.6 is 11.3 Å². The van der Waals surface area contributed by atoms with Crippen molar-refractivity contribution in [3.63, 3.8) is 0 Å². The molecule has 0 aromatic carbocycles. The summed E-state index contributed by atoms with van der Waals surface area (Å²) in [5.74, 6) is 1.20. The Bertz CT molecular complexity index is 681. The van der Waals surface area contributed by atoms with E-state index < -0.39 is 5.41 Å². The summed E-state index contributed by atoms with van der Waals surface area (Å²) < 4.78 is 5.37. The molecule has 19 heavy (non-hydrogen) atoms. The first-order valence-corrected chi connectivity index (χ1v) is 7.00. The molecule has 6 heteroatoms. The number of nitrogens with zero attached hydrogens (tertiary/aromatic N) is 3. The van der Waals surface area contributed by atoms with E-state index in [4.69, 9.17) is 10.3 Å². The lowest BCUT2D eigenvalue weighted by Gasteiger charge is -2.30.